The fourth-order valence-electron chi connectivity index (χ4n) is 3.26. The Bertz CT molecular complexity index is 688. The fraction of sp³-hybridized carbons (Fsp3) is 0.400. The zero-order valence-electron chi connectivity index (χ0n) is 14.7. The topological polar surface area (TPSA) is 35.6 Å². The molecule has 2 heterocycles. The van der Waals surface area contributed by atoms with Crippen molar-refractivity contribution >= 4 is 29.3 Å². The molecule has 0 unspecified atom stereocenters. The summed E-state index contributed by atoms with van der Waals surface area (Å²) in [4.78, 5) is 16.7. The Morgan fingerprint density at radius 1 is 1.16 bits per heavy atom. The van der Waals surface area contributed by atoms with Crippen molar-refractivity contribution in [2.45, 2.75) is 32.6 Å². The third-order valence-corrected chi connectivity index (χ3v) is 4.89. The summed E-state index contributed by atoms with van der Waals surface area (Å²) in [5.41, 5.74) is 2.69. The smallest absolute Gasteiger partial charge is 0.277 e. The standard InChI is InChI=1S/C20H25N3OS/c1-16(13-17-9-5-4-6-10-17)14-18-19(24)23(20(25)21-18)15-22-11-7-2-3-8-12-22/h4-6,9-10,13-14H,2-3,7-8,11-12,15H2,1H3,(H,21,25)/b16-13-,18-14+. The summed E-state index contributed by atoms with van der Waals surface area (Å²) < 4.78 is 0. The highest BCUT2D eigenvalue weighted by Crippen LogP contribution is 2.17. The van der Waals surface area contributed by atoms with Crippen molar-refractivity contribution in [3.63, 3.8) is 0 Å². The first-order valence-corrected chi connectivity index (χ1v) is 9.34. The first-order valence-electron chi connectivity index (χ1n) is 8.94. The van der Waals surface area contributed by atoms with E-state index in [2.05, 4.69) is 16.3 Å². The number of hydrogen-bond donors (Lipinski definition) is 1. The predicted molar refractivity (Wildman–Crippen MR) is 106 cm³/mol. The molecule has 2 fully saturated rings. The molecule has 0 bridgehead atoms. The van der Waals surface area contributed by atoms with E-state index in [-0.39, 0.29) is 5.91 Å². The highest BCUT2D eigenvalue weighted by molar-refractivity contribution is 7.80. The van der Waals surface area contributed by atoms with Crippen molar-refractivity contribution in [1.29, 1.82) is 0 Å². The van der Waals surface area contributed by atoms with Crippen LogP contribution in [0.15, 0.2) is 47.7 Å². The van der Waals surface area contributed by atoms with Gasteiger partial charge in [-0.05, 0) is 62.3 Å². The minimum atomic E-state index is -0.0324. The Balaban J connectivity index is 1.68. The lowest BCUT2D eigenvalue weighted by Gasteiger charge is -2.25. The predicted octanol–water partition coefficient (Wildman–Crippen LogP) is 3.52. The van der Waals surface area contributed by atoms with E-state index in [0.29, 0.717) is 17.5 Å². The zero-order valence-corrected chi connectivity index (χ0v) is 15.5. The van der Waals surface area contributed by atoms with Crippen molar-refractivity contribution in [3.8, 4) is 0 Å². The number of thiocarbonyl (C=S) groups is 1. The van der Waals surface area contributed by atoms with E-state index in [0.717, 1.165) is 24.2 Å². The van der Waals surface area contributed by atoms with E-state index in [1.165, 1.54) is 25.7 Å². The Kier molecular flexibility index (Phi) is 6.00. The minimum Gasteiger partial charge on any atom is -0.328 e. The van der Waals surface area contributed by atoms with Crippen molar-refractivity contribution in [1.82, 2.24) is 15.1 Å². The monoisotopic (exact) mass is 355 g/mol. The van der Waals surface area contributed by atoms with Gasteiger partial charge in [0.15, 0.2) is 5.11 Å². The molecule has 5 heteroatoms. The van der Waals surface area contributed by atoms with Gasteiger partial charge in [-0.25, -0.2) is 0 Å². The molecule has 0 atom stereocenters. The molecule has 0 radical (unpaired) electrons. The van der Waals surface area contributed by atoms with Gasteiger partial charge >= 0.3 is 0 Å². The number of rotatable bonds is 4. The molecule has 0 saturated carbocycles. The van der Waals surface area contributed by atoms with Gasteiger partial charge < -0.3 is 5.32 Å². The molecule has 2 aliphatic rings. The SMILES string of the molecule is CC(=C/c1ccccc1)/C=C1/NC(=S)N(CN2CCCCCC2)C1=O. The molecular weight excluding hydrogens is 330 g/mol. The summed E-state index contributed by atoms with van der Waals surface area (Å²) in [7, 11) is 0. The minimum absolute atomic E-state index is 0.0324. The number of allylic oxidation sites excluding steroid dienone is 2. The zero-order chi connectivity index (χ0) is 17.6. The second-order valence-electron chi connectivity index (χ2n) is 6.69. The lowest BCUT2D eigenvalue weighted by molar-refractivity contribution is -0.123. The van der Waals surface area contributed by atoms with E-state index in [1.807, 2.05) is 43.3 Å². The van der Waals surface area contributed by atoms with E-state index >= 15 is 0 Å². The molecule has 1 aromatic rings. The van der Waals surface area contributed by atoms with Gasteiger partial charge in [-0.15, -0.1) is 0 Å². The van der Waals surface area contributed by atoms with Crippen LogP contribution in [0.5, 0.6) is 0 Å². The summed E-state index contributed by atoms with van der Waals surface area (Å²) in [6.07, 6.45) is 8.89. The van der Waals surface area contributed by atoms with Gasteiger partial charge in [0.2, 0.25) is 0 Å². The van der Waals surface area contributed by atoms with Crippen LogP contribution in [0, 0.1) is 0 Å². The molecule has 4 nitrogen and oxygen atoms in total. The Hall–Kier alpha value is -1.98. The summed E-state index contributed by atoms with van der Waals surface area (Å²) in [6, 6.07) is 10.1. The van der Waals surface area contributed by atoms with Crippen LogP contribution in [0.2, 0.25) is 0 Å². The molecule has 0 aromatic heterocycles. The first-order chi connectivity index (χ1) is 12.1. The number of benzene rings is 1. The maximum Gasteiger partial charge on any atom is 0.277 e. The average molecular weight is 356 g/mol. The molecule has 2 saturated heterocycles. The first kappa shape index (κ1) is 17.8. The van der Waals surface area contributed by atoms with E-state index < -0.39 is 0 Å². The van der Waals surface area contributed by atoms with Crippen LogP contribution in [0.3, 0.4) is 0 Å². The van der Waals surface area contributed by atoms with E-state index in [4.69, 9.17) is 12.2 Å². The molecule has 2 aliphatic heterocycles. The molecular formula is C20H25N3OS. The Morgan fingerprint density at radius 2 is 1.84 bits per heavy atom. The largest absolute Gasteiger partial charge is 0.328 e. The van der Waals surface area contributed by atoms with Crippen LogP contribution < -0.4 is 5.32 Å². The van der Waals surface area contributed by atoms with Gasteiger partial charge in [-0.3, -0.25) is 14.6 Å². The summed E-state index contributed by atoms with van der Waals surface area (Å²) >= 11 is 5.39. The molecule has 0 spiro atoms. The van der Waals surface area contributed by atoms with E-state index in [9.17, 15) is 4.79 Å². The van der Waals surface area contributed by atoms with Crippen LogP contribution in [0.1, 0.15) is 38.2 Å². The van der Waals surface area contributed by atoms with Crippen LogP contribution in [-0.4, -0.2) is 40.6 Å². The number of hydrogen-bond acceptors (Lipinski definition) is 3. The van der Waals surface area contributed by atoms with Crippen molar-refractivity contribution in [3.05, 3.63) is 53.2 Å². The summed E-state index contributed by atoms with van der Waals surface area (Å²) in [5.74, 6) is -0.0324. The maximum absolute atomic E-state index is 12.7. The number of carbonyl (C=O) groups is 1. The quantitative estimate of drug-likeness (QED) is 0.662. The number of likely N-dealkylation sites (tertiary alicyclic amines) is 1. The van der Waals surface area contributed by atoms with Crippen LogP contribution >= 0.6 is 12.2 Å². The molecule has 1 amide bonds. The molecule has 0 aliphatic carbocycles. The third-order valence-electron chi connectivity index (χ3n) is 4.57. The highest BCUT2D eigenvalue weighted by Gasteiger charge is 2.31. The number of nitrogens with zero attached hydrogens (tertiary/aromatic N) is 2. The van der Waals surface area contributed by atoms with Crippen molar-refractivity contribution < 1.29 is 4.79 Å². The number of carbonyl (C=O) groups excluding carboxylic acids is 1. The van der Waals surface area contributed by atoms with Gasteiger partial charge in [0, 0.05) is 0 Å². The highest BCUT2D eigenvalue weighted by atomic mass is 32.1. The van der Waals surface area contributed by atoms with Crippen LogP contribution in [0.25, 0.3) is 6.08 Å². The summed E-state index contributed by atoms with van der Waals surface area (Å²) in [6.45, 7) is 4.66. The lowest BCUT2D eigenvalue weighted by Crippen LogP contribution is -2.42. The Labute approximate surface area is 155 Å². The van der Waals surface area contributed by atoms with Crippen molar-refractivity contribution in [2.75, 3.05) is 19.8 Å². The molecule has 132 valence electrons. The van der Waals surface area contributed by atoms with Gasteiger partial charge in [-0.2, -0.15) is 0 Å². The molecule has 1 N–H and O–H groups in total. The van der Waals surface area contributed by atoms with Gasteiger partial charge in [0.25, 0.3) is 5.91 Å². The van der Waals surface area contributed by atoms with Crippen LogP contribution in [-0.2, 0) is 4.79 Å². The fourth-order valence-corrected chi connectivity index (χ4v) is 3.51. The molecule has 3 rings (SSSR count). The normalized spacial score (nSPS) is 21.6. The van der Waals surface area contributed by atoms with Crippen LogP contribution in [0.4, 0.5) is 0 Å². The number of amides is 1. The van der Waals surface area contributed by atoms with E-state index in [1.54, 1.807) is 4.90 Å². The molecule has 1 aromatic carbocycles. The third kappa shape index (κ3) is 4.77. The maximum atomic E-state index is 12.7. The number of nitrogens with one attached hydrogen (secondary N) is 1. The lowest BCUT2D eigenvalue weighted by atomic mass is 10.1. The second-order valence-corrected chi connectivity index (χ2v) is 7.08. The van der Waals surface area contributed by atoms with Gasteiger partial charge in [-0.1, -0.05) is 49.2 Å². The molecule has 25 heavy (non-hydrogen) atoms. The van der Waals surface area contributed by atoms with Gasteiger partial charge in [0.05, 0.1) is 6.67 Å². The van der Waals surface area contributed by atoms with Crippen molar-refractivity contribution in [2.24, 2.45) is 0 Å². The second kappa shape index (κ2) is 8.41. The van der Waals surface area contributed by atoms with Gasteiger partial charge in [0.1, 0.15) is 5.70 Å². The average Bonchev–Trinajstić information content (AvgIpc) is 2.79. The summed E-state index contributed by atoms with van der Waals surface area (Å²) in [5, 5.41) is 3.58. The Morgan fingerprint density at radius 3 is 2.52 bits per heavy atom.